The van der Waals surface area contributed by atoms with Gasteiger partial charge in [-0.3, -0.25) is 14.4 Å². The maximum absolute atomic E-state index is 13.7. The highest BCUT2D eigenvalue weighted by Gasteiger charge is 2.31. The van der Waals surface area contributed by atoms with Crippen molar-refractivity contribution in [2.24, 2.45) is 0 Å². The van der Waals surface area contributed by atoms with E-state index in [2.05, 4.69) is 26.6 Å². The van der Waals surface area contributed by atoms with Crippen molar-refractivity contribution in [1.29, 1.82) is 0 Å². The summed E-state index contributed by atoms with van der Waals surface area (Å²) in [7, 11) is 1.23. The standard InChI is InChI=1S/C41H53N5O9/c1-28(35(47)44-33(25-29-17-9-6-10-18-29)37(49)45-34(38(50)53-5)26-30-19-11-7-12-20-30)43-36(48)32(46-40(52)55-41(2,3)4)23-15-16-24-42-39(51)54-27-31-21-13-8-14-22-31/h6-14,17-22,28,32-34H,15-16,23-27H2,1-5H3,(H,42,51)(H,43,48)(H,44,47)(H,45,49)(H,46,52)/t28-,32-,33-,34-/m0/s1. The van der Waals surface area contributed by atoms with Gasteiger partial charge in [-0.25, -0.2) is 14.4 Å². The summed E-state index contributed by atoms with van der Waals surface area (Å²) < 4.78 is 15.5. The fraction of sp³-hybridized carbons (Fsp3) is 0.415. The SMILES string of the molecule is COC(=O)[C@H](Cc1ccccc1)NC(=O)[C@H](Cc1ccccc1)NC(=O)[C@H](C)NC(=O)[C@H](CCCCNC(=O)OCc1ccccc1)NC(=O)OC(C)(C)C. The highest BCUT2D eigenvalue weighted by molar-refractivity contribution is 5.94. The molecule has 3 rings (SSSR count). The van der Waals surface area contributed by atoms with Crippen molar-refractivity contribution in [1.82, 2.24) is 26.6 Å². The molecule has 0 bridgehead atoms. The summed E-state index contributed by atoms with van der Waals surface area (Å²) in [4.78, 5) is 78.2. The largest absolute Gasteiger partial charge is 0.467 e. The molecule has 0 aliphatic rings. The van der Waals surface area contributed by atoms with Gasteiger partial charge in [0.05, 0.1) is 7.11 Å². The lowest BCUT2D eigenvalue weighted by atomic mass is 10.0. The number of methoxy groups -OCH3 is 1. The van der Waals surface area contributed by atoms with E-state index in [-0.39, 0.29) is 32.4 Å². The Morgan fingerprint density at radius 1 is 0.600 bits per heavy atom. The number of amides is 5. The molecule has 55 heavy (non-hydrogen) atoms. The second-order valence-corrected chi connectivity index (χ2v) is 13.9. The molecule has 0 saturated carbocycles. The Morgan fingerprint density at radius 3 is 1.65 bits per heavy atom. The molecule has 0 saturated heterocycles. The molecule has 5 amide bonds. The Kier molecular flexibility index (Phi) is 17.7. The summed E-state index contributed by atoms with van der Waals surface area (Å²) in [6.07, 6.45) is -0.105. The van der Waals surface area contributed by atoms with E-state index in [1.807, 2.05) is 66.7 Å². The van der Waals surface area contributed by atoms with E-state index in [0.717, 1.165) is 16.7 Å². The predicted molar refractivity (Wildman–Crippen MR) is 205 cm³/mol. The van der Waals surface area contributed by atoms with Crippen molar-refractivity contribution in [2.75, 3.05) is 13.7 Å². The molecule has 0 fully saturated rings. The molecule has 0 heterocycles. The number of alkyl carbamates (subject to hydrolysis) is 2. The van der Waals surface area contributed by atoms with Crippen LogP contribution < -0.4 is 26.6 Å². The monoisotopic (exact) mass is 759 g/mol. The first-order chi connectivity index (χ1) is 26.2. The summed E-state index contributed by atoms with van der Waals surface area (Å²) in [5.74, 6) is -2.59. The zero-order valence-electron chi connectivity index (χ0n) is 32.1. The van der Waals surface area contributed by atoms with Gasteiger partial charge >= 0.3 is 18.2 Å². The van der Waals surface area contributed by atoms with Crippen LogP contribution in [-0.2, 0) is 52.8 Å². The minimum absolute atomic E-state index is 0.0922. The number of nitrogens with one attached hydrogen (secondary N) is 5. The lowest BCUT2D eigenvalue weighted by Gasteiger charge is -2.26. The number of rotatable bonds is 19. The fourth-order valence-electron chi connectivity index (χ4n) is 5.35. The lowest BCUT2D eigenvalue weighted by molar-refractivity contribution is -0.145. The second kappa shape index (κ2) is 22.3. The first kappa shape index (κ1) is 43.5. The average Bonchev–Trinajstić information content (AvgIpc) is 3.16. The molecule has 5 N–H and O–H groups in total. The maximum atomic E-state index is 13.7. The molecule has 4 atom stereocenters. The number of carbonyl (C=O) groups is 6. The van der Waals surface area contributed by atoms with E-state index in [1.54, 1.807) is 45.0 Å². The fourth-order valence-corrected chi connectivity index (χ4v) is 5.35. The van der Waals surface area contributed by atoms with Crippen LogP contribution in [0.2, 0.25) is 0 Å². The van der Waals surface area contributed by atoms with E-state index >= 15 is 0 Å². The second-order valence-electron chi connectivity index (χ2n) is 13.9. The first-order valence-corrected chi connectivity index (χ1v) is 18.2. The summed E-state index contributed by atoms with van der Waals surface area (Å²) in [6, 6.07) is 23.0. The molecule has 0 unspecified atom stereocenters. The average molecular weight is 760 g/mol. The van der Waals surface area contributed by atoms with Gasteiger partial charge in [-0.1, -0.05) is 91.0 Å². The number of esters is 1. The van der Waals surface area contributed by atoms with Crippen molar-refractivity contribution in [3.63, 3.8) is 0 Å². The van der Waals surface area contributed by atoms with Crippen LogP contribution in [0.4, 0.5) is 9.59 Å². The minimum Gasteiger partial charge on any atom is -0.467 e. The smallest absolute Gasteiger partial charge is 0.408 e. The van der Waals surface area contributed by atoms with Gasteiger partial charge in [0.25, 0.3) is 0 Å². The van der Waals surface area contributed by atoms with Gasteiger partial charge < -0.3 is 40.8 Å². The highest BCUT2D eigenvalue weighted by atomic mass is 16.6. The van der Waals surface area contributed by atoms with E-state index in [4.69, 9.17) is 14.2 Å². The maximum Gasteiger partial charge on any atom is 0.408 e. The molecule has 296 valence electrons. The Hall–Kier alpha value is -5.92. The van der Waals surface area contributed by atoms with Crippen LogP contribution in [0.3, 0.4) is 0 Å². The van der Waals surface area contributed by atoms with Gasteiger partial charge in [-0.2, -0.15) is 0 Å². The molecular weight excluding hydrogens is 706 g/mol. The van der Waals surface area contributed by atoms with E-state index in [1.165, 1.54) is 14.0 Å². The van der Waals surface area contributed by atoms with Gasteiger partial charge in [-0.15, -0.1) is 0 Å². The normalized spacial score (nSPS) is 13.1. The lowest BCUT2D eigenvalue weighted by Crippen LogP contribution is -2.57. The van der Waals surface area contributed by atoms with Gasteiger partial charge in [0, 0.05) is 19.4 Å². The quantitative estimate of drug-likeness (QED) is 0.0681. The van der Waals surface area contributed by atoms with Crippen LogP contribution >= 0.6 is 0 Å². The molecule has 0 aliphatic heterocycles. The van der Waals surface area contributed by atoms with Gasteiger partial charge in [0.15, 0.2) is 0 Å². The number of unbranched alkanes of at least 4 members (excludes halogenated alkanes) is 1. The van der Waals surface area contributed by atoms with Gasteiger partial charge in [0.1, 0.15) is 36.4 Å². The van der Waals surface area contributed by atoms with Crippen LogP contribution in [-0.4, -0.2) is 79.3 Å². The molecule has 14 heteroatoms. The van der Waals surface area contributed by atoms with E-state index in [0.29, 0.717) is 12.8 Å². The van der Waals surface area contributed by atoms with Gasteiger partial charge in [0.2, 0.25) is 17.7 Å². The number of carbonyl (C=O) groups excluding carboxylic acids is 6. The van der Waals surface area contributed by atoms with Gasteiger partial charge in [-0.05, 0) is 63.6 Å². The first-order valence-electron chi connectivity index (χ1n) is 18.2. The van der Waals surface area contributed by atoms with E-state index < -0.39 is 65.6 Å². The van der Waals surface area contributed by atoms with Crippen molar-refractivity contribution in [3.05, 3.63) is 108 Å². The molecule has 14 nitrogen and oxygen atoms in total. The number of hydrogen-bond acceptors (Lipinski definition) is 9. The summed E-state index contributed by atoms with van der Waals surface area (Å²) in [5, 5.41) is 13.3. The topological polar surface area (TPSA) is 190 Å². The number of hydrogen-bond donors (Lipinski definition) is 5. The Morgan fingerprint density at radius 2 is 1.11 bits per heavy atom. The van der Waals surface area contributed by atoms with Crippen LogP contribution in [0, 0.1) is 0 Å². The van der Waals surface area contributed by atoms with E-state index in [9.17, 15) is 28.8 Å². The number of ether oxygens (including phenoxy) is 3. The third-order valence-electron chi connectivity index (χ3n) is 8.16. The van der Waals surface area contributed by atoms with Crippen molar-refractivity contribution in [3.8, 4) is 0 Å². The Balaban J connectivity index is 1.64. The summed E-state index contributed by atoms with van der Waals surface area (Å²) >= 11 is 0. The molecule has 3 aromatic carbocycles. The molecular formula is C41H53N5O9. The minimum atomic E-state index is -1.14. The van der Waals surface area contributed by atoms with Crippen LogP contribution in [0.25, 0.3) is 0 Å². The third-order valence-corrected chi connectivity index (χ3v) is 8.16. The molecule has 3 aromatic rings. The zero-order valence-corrected chi connectivity index (χ0v) is 32.1. The number of benzene rings is 3. The van der Waals surface area contributed by atoms with Crippen LogP contribution in [0.5, 0.6) is 0 Å². The zero-order chi connectivity index (χ0) is 40.2. The Labute approximate surface area is 322 Å². The summed E-state index contributed by atoms with van der Waals surface area (Å²) in [6.45, 7) is 6.91. The molecule has 0 aromatic heterocycles. The summed E-state index contributed by atoms with van der Waals surface area (Å²) in [5.41, 5.74) is 1.57. The van der Waals surface area contributed by atoms with Crippen molar-refractivity contribution in [2.45, 2.75) is 96.2 Å². The predicted octanol–water partition coefficient (Wildman–Crippen LogP) is 4.11. The van der Waals surface area contributed by atoms with Crippen molar-refractivity contribution < 1.29 is 43.0 Å². The van der Waals surface area contributed by atoms with Crippen LogP contribution in [0.1, 0.15) is 63.6 Å². The molecule has 0 aliphatic carbocycles. The molecule has 0 spiro atoms. The highest BCUT2D eigenvalue weighted by Crippen LogP contribution is 2.11. The van der Waals surface area contributed by atoms with Crippen molar-refractivity contribution >= 4 is 35.9 Å². The molecule has 0 radical (unpaired) electrons. The van der Waals surface area contributed by atoms with Crippen LogP contribution in [0.15, 0.2) is 91.0 Å². The Bertz CT molecular complexity index is 1680. The third kappa shape index (κ3) is 16.7.